The van der Waals surface area contributed by atoms with Crippen molar-refractivity contribution in [2.45, 2.75) is 40.2 Å². The van der Waals surface area contributed by atoms with Crippen LogP contribution in [-0.2, 0) is 9.59 Å². The summed E-state index contributed by atoms with van der Waals surface area (Å²) in [4.78, 5) is 27.8. The summed E-state index contributed by atoms with van der Waals surface area (Å²) in [6.45, 7) is 9.06. The van der Waals surface area contributed by atoms with Gasteiger partial charge in [-0.15, -0.1) is 0 Å². The molecule has 1 aliphatic rings. The lowest BCUT2D eigenvalue weighted by Crippen LogP contribution is -2.30. The first-order chi connectivity index (χ1) is 16.3. The van der Waals surface area contributed by atoms with Crippen LogP contribution in [-0.4, -0.2) is 34.8 Å². The van der Waals surface area contributed by atoms with Crippen molar-refractivity contribution in [3.63, 3.8) is 0 Å². The van der Waals surface area contributed by atoms with E-state index in [-0.39, 0.29) is 11.3 Å². The second kappa shape index (κ2) is 9.72. The van der Waals surface area contributed by atoms with Gasteiger partial charge < -0.3 is 14.7 Å². The largest absolute Gasteiger partial charge is 0.507 e. The van der Waals surface area contributed by atoms with E-state index in [0.29, 0.717) is 31.1 Å². The molecule has 5 nitrogen and oxygen atoms in total. The first-order valence-corrected chi connectivity index (χ1v) is 11.8. The third kappa shape index (κ3) is 4.30. The molecule has 1 amide bonds. The molecule has 5 heteroatoms. The van der Waals surface area contributed by atoms with Gasteiger partial charge in [-0.25, -0.2) is 0 Å². The summed E-state index contributed by atoms with van der Waals surface area (Å²) in [6, 6.07) is 18.5. The number of amides is 1. The molecule has 3 aromatic rings. The number of carbonyl (C=O) groups is 2. The Bertz CT molecular complexity index is 1270. The molecule has 176 valence electrons. The maximum atomic E-state index is 13.2. The van der Waals surface area contributed by atoms with Crippen LogP contribution < -0.4 is 4.74 Å². The van der Waals surface area contributed by atoms with Gasteiger partial charge in [-0.1, -0.05) is 63.2 Å². The van der Waals surface area contributed by atoms with Gasteiger partial charge in [0.1, 0.15) is 11.5 Å². The van der Waals surface area contributed by atoms with Gasteiger partial charge in [-0.2, -0.15) is 0 Å². The highest BCUT2D eigenvalue weighted by atomic mass is 16.5. The summed E-state index contributed by atoms with van der Waals surface area (Å²) in [5.41, 5.74) is 2.31. The van der Waals surface area contributed by atoms with Gasteiger partial charge in [-0.3, -0.25) is 9.59 Å². The first kappa shape index (κ1) is 23.6. The van der Waals surface area contributed by atoms with E-state index < -0.39 is 17.7 Å². The Hall–Kier alpha value is -3.60. The lowest BCUT2D eigenvalue weighted by atomic mass is 9.91. The third-order valence-electron chi connectivity index (χ3n) is 6.14. The number of fused-ring (bicyclic) bond motifs is 1. The van der Waals surface area contributed by atoms with Crippen LogP contribution in [0.25, 0.3) is 16.5 Å². The molecule has 0 bridgehead atoms. The van der Waals surface area contributed by atoms with Crippen LogP contribution in [0.3, 0.4) is 0 Å². The van der Waals surface area contributed by atoms with E-state index in [1.54, 1.807) is 17.0 Å². The van der Waals surface area contributed by atoms with E-state index in [1.165, 1.54) is 0 Å². The molecule has 0 aliphatic carbocycles. The molecule has 1 heterocycles. The normalized spacial score (nSPS) is 17.7. The van der Waals surface area contributed by atoms with Crippen molar-refractivity contribution in [3.8, 4) is 5.75 Å². The van der Waals surface area contributed by atoms with Gasteiger partial charge in [0.2, 0.25) is 0 Å². The molecule has 1 N–H and O–H groups in total. The Kier molecular flexibility index (Phi) is 6.73. The molecule has 0 saturated carbocycles. The molecule has 4 rings (SSSR count). The van der Waals surface area contributed by atoms with E-state index in [4.69, 9.17) is 4.74 Å². The molecule has 1 unspecified atom stereocenters. The smallest absolute Gasteiger partial charge is 0.295 e. The monoisotopic (exact) mass is 457 g/mol. The summed E-state index contributed by atoms with van der Waals surface area (Å²) in [7, 11) is 0. The number of hydrogen-bond acceptors (Lipinski definition) is 4. The quantitative estimate of drug-likeness (QED) is 0.268. The second-order valence-electron chi connectivity index (χ2n) is 9.25. The predicted octanol–water partition coefficient (Wildman–Crippen LogP) is 6.01. The SMILES string of the molecule is CCCN1C(=O)C(=O)/C(=C(\O)c2ccc(OCC(C)C)c(C)c2)C1c1cccc2ccccc12. The number of ether oxygens (including phenoxy) is 1. The van der Waals surface area contributed by atoms with Crippen LogP contribution in [0.1, 0.15) is 49.9 Å². The summed E-state index contributed by atoms with van der Waals surface area (Å²) >= 11 is 0. The van der Waals surface area contributed by atoms with Crippen molar-refractivity contribution in [2.75, 3.05) is 13.2 Å². The molecular formula is C29H31NO4. The maximum absolute atomic E-state index is 13.2. The fourth-order valence-corrected chi connectivity index (χ4v) is 4.53. The number of nitrogens with zero attached hydrogens (tertiary/aromatic N) is 1. The topological polar surface area (TPSA) is 66.8 Å². The number of aryl methyl sites for hydroxylation is 1. The Labute approximate surface area is 200 Å². The summed E-state index contributed by atoms with van der Waals surface area (Å²) in [6.07, 6.45) is 0.704. The lowest BCUT2D eigenvalue weighted by molar-refractivity contribution is -0.139. The number of benzene rings is 3. The molecule has 0 spiro atoms. The number of Topliss-reactive ketones (excluding diaryl/α,β-unsaturated/α-hetero) is 1. The molecule has 3 aromatic carbocycles. The minimum atomic E-state index is -0.651. The minimum absolute atomic E-state index is 0.130. The van der Waals surface area contributed by atoms with Crippen molar-refractivity contribution < 1.29 is 19.4 Å². The van der Waals surface area contributed by atoms with Crippen molar-refractivity contribution in [2.24, 2.45) is 5.92 Å². The van der Waals surface area contributed by atoms with Crippen LogP contribution >= 0.6 is 0 Å². The number of hydrogen-bond donors (Lipinski definition) is 1. The van der Waals surface area contributed by atoms with Crippen LogP contribution in [0.15, 0.2) is 66.2 Å². The molecule has 1 saturated heterocycles. The summed E-state index contributed by atoms with van der Waals surface area (Å²) in [5.74, 6) is -0.255. The Morgan fingerprint density at radius 3 is 2.50 bits per heavy atom. The standard InChI is InChI=1S/C29H31NO4/c1-5-15-30-26(23-12-8-10-20-9-6-7-11-22(20)23)25(28(32)29(30)33)27(31)21-13-14-24(19(4)16-21)34-17-18(2)3/h6-14,16,18,26,31H,5,15,17H2,1-4H3/b27-25-. The van der Waals surface area contributed by atoms with E-state index in [0.717, 1.165) is 27.6 Å². The van der Waals surface area contributed by atoms with Crippen LogP contribution in [0.2, 0.25) is 0 Å². The average molecular weight is 458 g/mol. The number of likely N-dealkylation sites (tertiary alicyclic amines) is 1. The molecule has 1 fully saturated rings. The molecule has 1 aliphatic heterocycles. The Balaban J connectivity index is 1.86. The van der Waals surface area contributed by atoms with Crippen LogP contribution in [0.4, 0.5) is 0 Å². The second-order valence-corrected chi connectivity index (χ2v) is 9.25. The number of aliphatic hydroxyl groups is 1. The molecule has 34 heavy (non-hydrogen) atoms. The number of rotatable bonds is 7. The molecule has 0 aromatic heterocycles. The van der Waals surface area contributed by atoms with Gasteiger partial charge in [0.05, 0.1) is 18.2 Å². The van der Waals surface area contributed by atoms with E-state index >= 15 is 0 Å². The zero-order valence-corrected chi connectivity index (χ0v) is 20.2. The molecular weight excluding hydrogens is 426 g/mol. The zero-order chi connectivity index (χ0) is 24.4. The van der Waals surface area contributed by atoms with Crippen molar-refractivity contribution in [1.82, 2.24) is 4.90 Å². The fourth-order valence-electron chi connectivity index (χ4n) is 4.53. The highest BCUT2D eigenvalue weighted by molar-refractivity contribution is 6.46. The highest BCUT2D eigenvalue weighted by Crippen LogP contribution is 2.42. The van der Waals surface area contributed by atoms with Crippen LogP contribution in [0, 0.1) is 12.8 Å². The first-order valence-electron chi connectivity index (χ1n) is 11.8. The average Bonchev–Trinajstić information content (AvgIpc) is 3.07. The third-order valence-corrected chi connectivity index (χ3v) is 6.14. The van der Waals surface area contributed by atoms with Crippen molar-refractivity contribution in [1.29, 1.82) is 0 Å². The number of ketones is 1. The highest BCUT2D eigenvalue weighted by Gasteiger charge is 2.46. The van der Waals surface area contributed by atoms with Crippen molar-refractivity contribution >= 4 is 28.2 Å². The maximum Gasteiger partial charge on any atom is 0.295 e. The minimum Gasteiger partial charge on any atom is -0.507 e. The van der Waals surface area contributed by atoms with Gasteiger partial charge >= 0.3 is 0 Å². The van der Waals surface area contributed by atoms with E-state index in [1.807, 2.05) is 62.4 Å². The van der Waals surface area contributed by atoms with E-state index in [2.05, 4.69) is 13.8 Å². The van der Waals surface area contributed by atoms with E-state index in [9.17, 15) is 14.7 Å². The number of carbonyl (C=O) groups excluding carboxylic acids is 2. The Morgan fingerprint density at radius 1 is 1.06 bits per heavy atom. The fraction of sp³-hybridized carbons (Fsp3) is 0.310. The predicted molar refractivity (Wildman–Crippen MR) is 135 cm³/mol. The van der Waals surface area contributed by atoms with Gasteiger partial charge in [0, 0.05) is 12.1 Å². The summed E-state index contributed by atoms with van der Waals surface area (Å²) < 4.78 is 5.86. The molecule has 1 atom stereocenters. The number of aliphatic hydroxyl groups excluding tert-OH is 1. The summed E-state index contributed by atoms with van der Waals surface area (Å²) in [5, 5.41) is 13.3. The van der Waals surface area contributed by atoms with Gasteiger partial charge in [-0.05, 0) is 59.4 Å². The Morgan fingerprint density at radius 2 is 1.79 bits per heavy atom. The van der Waals surface area contributed by atoms with Crippen molar-refractivity contribution in [3.05, 3.63) is 82.9 Å². The lowest BCUT2D eigenvalue weighted by Gasteiger charge is -2.26. The van der Waals surface area contributed by atoms with Crippen LogP contribution in [0.5, 0.6) is 5.75 Å². The zero-order valence-electron chi connectivity index (χ0n) is 20.2. The van der Waals surface area contributed by atoms with Gasteiger partial charge in [0.15, 0.2) is 0 Å². The van der Waals surface area contributed by atoms with Gasteiger partial charge in [0.25, 0.3) is 11.7 Å². The molecule has 0 radical (unpaired) electrons.